The predicted octanol–water partition coefficient (Wildman–Crippen LogP) is 3.54. The fourth-order valence-corrected chi connectivity index (χ4v) is 1.81. The van der Waals surface area contributed by atoms with Crippen molar-refractivity contribution in [2.45, 2.75) is 0 Å². The number of methoxy groups -OCH3 is 2. The van der Waals surface area contributed by atoms with Gasteiger partial charge in [0.25, 0.3) is 0 Å². The van der Waals surface area contributed by atoms with E-state index in [1.54, 1.807) is 12.1 Å². The van der Waals surface area contributed by atoms with Gasteiger partial charge in [-0.3, -0.25) is 10.1 Å². The third-order valence-corrected chi connectivity index (χ3v) is 2.72. The normalized spacial score (nSPS) is 10.0. The molecule has 2 rings (SSSR count). The average molecular weight is 293 g/mol. The van der Waals surface area contributed by atoms with Crippen LogP contribution < -0.4 is 14.2 Å². The minimum atomic E-state index is -0.973. The van der Waals surface area contributed by atoms with Gasteiger partial charge in [-0.05, 0) is 24.3 Å². The van der Waals surface area contributed by atoms with Gasteiger partial charge in [-0.1, -0.05) is 12.1 Å². The summed E-state index contributed by atoms with van der Waals surface area (Å²) in [6.07, 6.45) is 0. The summed E-state index contributed by atoms with van der Waals surface area (Å²) in [4.78, 5) is 10.1. The summed E-state index contributed by atoms with van der Waals surface area (Å²) in [5, 5.41) is 10.9. The quantitative estimate of drug-likeness (QED) is 0.623. The summed E-state index contributed by atoms with van der Waals surface area (Å²) in [5.74, 6) is -0.343. The first-order valence-corrected chi connectivity index (χ1v) is 5.90. The molecule has 0 aliphatic rings. The van der Waals surface area contributed by atoms with Gasteiger partial charge in [0.1, 0.15) is 0 Å². The number of ether oxygens (including phenoxy) is 3. The van der Waals surface area contributed by atoms with E-state index in [1.807, 2.05) is 0 Å². The van der Waals surface area contributed by atoms with Crippen molar-refractivity contribution in [1.82, 2.24) is 0 Å². The van der Waals surface area contributed by atoms with E-state index in [2.05, 4.69) is 0 Å². The standard InChI is InChI=1S/C14H12FNO5/c1-19-11-7-4-8-12(14(11)20-2)21-10-6-3-5-9(15)13(10)16(17)18/h3-8H,1-2H3. The first-order chi connectivity index (χ1) is 10.1. The van der Waals surface area contributed by atoms with Gasteiger partial charge in [0.05, 0.1) is 19.1 Å². The molecule has 0 aromatic heterocycles. The molecule has 0 atom stereocenters. The molecule has 0 heterocycles. The van der Waals surface area contributed by atoms with Gasteiger partial charge in [0.15, 0.2) is 11.5 Å². The van der Waals surface area contributed by atoms with Gasteiger partial charge in [-0.2, -0.15) is 4.39 Å². The number of nitro benzene ring substituents is 1. The average Bonchev–Trinajstić information content (AvgIpc) is 2.46. The Morgan fingerprint density at radius 2 is 1.62 bits per heavy atom. The van der Waals surface area contributed by atoms with E-state index in [9.17, 15) is 14.5 Å². The first-order valence-electron chi connectivity index (χ1n) is 5.90. The molecule has 0 unspecified atom stereocenters. The molecule has 0 saturated heterocycles. The number of rotatable bonds is 5. The van der Waals surface area contributed by atoms with Crippen LogP contribution in [0, 0.1) is 15.9 Å². The van der Waals surface area contributed by atoms with Crippen LogP contribution in [-0.4, -0.2) is 19.1 Å². The van der Waals surface area contributed by atoms with Gasteiger partial charge in [0, 0.05) is 0 Å². The van der Waals surface area contributed by atoms with Crippen LogP contribution in [0.2, 0.25) is 0 Å². The smallest absolute Gasteiger partial charge is 0.346 e. The molecule has 0 N–H and O–H groups in total. The van der Waals surface area contributed by atoms with Crippen molar-refractivity contribution >= 4 is 5.69 Å². The summed E-state index contributed by atoms with van der Waals surface area (Å²) in [5.41, 5.74) is -0.734. The van der Waals surface area contributed by atoms with E-state index < -0.39 is 16.4 Å². The number of nitro groups is 1. The Balaban J connectivity index is 2.49. The maximum absolute atomic E-state index is 13.6. The number of hydrogen-bond acceptors (Lipinski definition) is 5. The lowest BCUT2D eigenvalue weighted by molar-refractivity contribution is -0.388. The number of hydrogen-bond donors (Lipinski definition) is 0. The molecular formula is C14H12FNO5. The molecule has 0 bridgehead atoms. The van der Waals surface area contributed by atoms with Crippen LogP contribution in [0.1, 0.15) is 0 Å². The van der Waals surface area contributed by atoms with Crippen molar-refractivity contribution in [3.63, 3.8) is 0 Å². The minimum Gasteiger partial charge on any atom is -0.493 e. The number of benzene rings is 2. The van der Waals surface area contributed by atoms with E-state index in [-0.39, 0.29) is 17.2 Å². The molecule has 2 aromatic carbocycles. The molecule has 21 heavy (non-hydrogen) atoms. The largest absolute Gasteiger partial charge is 0.493 e. The van der Waals surface area contributed by atoms with E-state index in [0.717, 1.165) is 6.07 Å². The van der Waals surface area contributed by atoms with Crippen molar-refractivity contribution in [1.29, 1.82) is 0 Å². The summed E-state index contributed by atoms with van der Waals surface area (Å²) in [6.45, 7) is 0. The van der Waals surface area contributed by atoms with Crippen molar-refractivity contribution in [2.75, 3.05) is 14.2 Å². The molecule has 0 amide bonds. The molecule has 0 fully saturated rings. The van der Waals surface area contributed by atoms with E-state index in [0.29, 0.717) is 5.75 Å². The van der Waals surface area contributed by atoms with Gasteiger partial charge >= 0.3 is 5.69 Å². The van der Waals surface area contributed by atoms with Crippen LogP contribution in [0.3, 0.4) is 0 Å². The maximum atomic E-state index is 13.6. The van der Waals surface area contributed by atoms with Crippen LogP contribution in [-0.2, 0) is 0 Å². The van der Waals surface area contributed by atoms with Crippen molar-refractivity contribution in [2.24, 2.45) is 0 Å². The van der Waals surface area contributed by atoms with Crippen molar-refractivity contribution in [3.8, 4) is 23.0 Å². The molecule has 0 spiro atoms. The number of para-hydroxylation sites is 2. The lowest BCUT2D eigenvalue weighted by atomic mass is 10.2. The summed E-state index contributed by atoms with van der Waals surface area (Å²) in [7, 11) is 2.86. The second-order valence-corrected chi connectivity index (χ2v) is 3.94. The third-order valence-electron chi connectivity index (χ3n) is 2.72. The second-order valence-electron chi connectivity index (χ2n) is 3.94. The highest BCUT2D eigenvalue weighted by Crippen LogP contribution is 2.41. The van der Waals surface area contributed by atoms with Gasteiger partial charge in [-0.15, -0.1) is 0 Å². The second kappa shape index (κ2) is 6.08. The first kappa shape index (κ1) is 14.6. The fraction of sp³-hybridized carbons (Fsp3) is 0.143. The molecule has 0 aliphatic heterocycles. The Labute approximate surface area is 119 Å². The van der Waals surface area contributed by atoms with Crippen molar-refractivity contribution in [3.05, 3.63) is 52.3 Å². The van der Waals surface area contributed by atoms with Crippen LogP contribution in [0.5, 0.6) is 23.0 Å². The lowest BCUT2D eigenvalue weighted by Crippen LogP contribution is -1.98. The number of halogens is 1. The van der Waals surface area contributed by atoms with Gasteiger partial charge < -0.3 is 14.2 Å². The van der Waals surface area contributed by atoms with Crippen molar-refractivity contribution < 1.29 is 23.5 Å². The molecular weight excluding hydrogens is 281 g/mol. The zero-order chi connectivity index (χ0) is 15.4. The molecule has 2 aromatic rings. The Morgan fingerprint density at radius 1 is 1.00 bits per heavy atom. The third kappa shape index (κ3) is 2.86. The zero-order valence-electron chi connectivity index (χ0n) is 11.3. The Bertz CT molecular complexity index is 674. The summed E-state index contributed by atoms with van der Waals surface area (Å²) < 4.78 is 29.2. The Kier molecular flexibility index (Phi) is 4.22. The highest BCUT2D eigenvalue weighted by molar-refractivity contribution is 5.55. The van der Waals surface area contributed by atoms with Crippen LogP contribution in [0.4, 0.5) is 10.1 Å². The van der Waals surface area contributed by atoms with Gasteiger partial charge in [-0.25, -0.2) is 0 Å². The molecule has 7 heteroatoms. The lowest BCUT2D eigenvalue weighted by Gasteiger charge is -2.13. The summed E-state index contributed by atoms with van der Waals surface area (Å²) in [6, 6.07) is 8.43. The topological polar surface area (TPSA) is 70.8 Å². The maximum Gasteiger partial charge on any atom is 0.346 e. The fourth-order valence-electron chi connectivity index (χ4n) is 1.81. The van der Waals surface area contributed by atoms with Crippen LogP contribution in [0.25, 0.3) is 0 Å². The molecule has 0 radical (unpaired) electrons. The minimum absolute atomic E-state index is 0.186. The van der Waals surface area contributed by atoms with Gasteiger partial charge in [0.2, 0.25) is 17.3 Å². The zero-order valence-corrected chi connectivity index (χ0v) is 11.3. The van der Waals surface area contributed by atoms with E-state index in [4.69, 9.17) is 14.2 Å². The summed E-state index contributed by atoms with van der Waals surface area (Å²) >= 11 is 0. The Hall–Kier alpha value is -2.83. The molecule has 0 saturated carbocycles. The van der Waals surface area contributed by atoms with E-state index >= 15 is 0 Å². The predicted molar refractivity (Wildman–Crippen MR) is 72.7 cm³/mol. The molecule has 6 nitrogen and oxygen atoms in total. The highest BCUT2D eigenvalue weighted by Gasteiger charge is 2.23. The highest BCUT2D eigenvalue weighted by atomic mass is 19.1. The number of nitrogens with zero attached hydrogens (tertiary/aromatic N) is 1. The van der Waals surface area contributed by atoms with Crippen LogP contribution >= 0.6 is 0 Å². The van der Waals surface area contributed by atoms with Crippen LogP contribution in [0.15, 0.2) is 36.4 Å². The Morgan fingerprint density at radius 3 is 2.24 bits per heavy atom. The SMILES string of the molecule is COc1cccc(Oc2cccc(F)c2[N+](=O)[O-])c1OC. The molecule has 0 aliphatic carbocycles. The molecule has 110 valence electrons. The monoisotopic (exact) mass is 293 g/mol. The van der Waals surface area contributed by atoms with E-state index in [1.165, 1.54) is 32.4 Å².